The van der Waals surface area contributed by atoms with Crippen molar-refractivity contribution in [1.82, 2.24) is 10.6 Å². The van der Waals surface area contributed by atoms with Crippen molar-refractivity contribution in [2.75, 3.05) is 31.8 Å². The molecule has 0 aliphatic carbocycles. The van der Waals surface area contributed by atoms with Crippen molar-refractivity contribution in [2.45, 2.75) is 19.4 Å². The Bertz CT molecular complexity index is 238. The summed E-state index contributed by atoms with van der Waals surface area (Å²) in [6, 6.07) is -0.125. The molecule has 0 aromatic rings. The maximum absolute atomic E-state index is 11.3. The Kier molecular flexibility index (Phi) is 9.65. The third kappa shape index (κ3) is 11.3. The first-order valence-corrected chi connectivity index (χ1v) is 6.78. The highest BCUT2D eigenvalue weighted by molar-refractivity contribution is 7.98. The van der Waals surface area contributed by atoms with E-state index in [9.17, 15) is 9.59 Å². The number of carbonyl (C=O) groups excluding carboxylic acids is 1. The van der Waals surface area contributed by atoms with Crippen LogP contribution in [0.4, 0.5) is 4.79 Å². The molecule has 0 fully saturated rings. The van der Waals surface area contributed by atoms with E-state index in [1.165, 1.54) is 0 Å². The van der Waals surface area contributed by atoms with Crippen molar-refractivity contribution in [1.29, 1.82) is 0 Å². The lowest BCUT2D eigenvalue weighted by molar-refractivity contribution is -0.142. The van der Waals surface area contributed by atoms with Gasteiger partial charge in [-0.3, -0.25) is 0 Å². The molecule has 1 unspecified atom stereocenters. The van der Waals surface area contributed by atoms with E-state index < -0.39 is 5.97 Å². The molecule has 0 saturated carbocycles. The van der Waals surface area contributed by atoms with Gasteiger partial charge < -0.3 is 20.5 Å². The SMILES string of the molecule is CSCCC(C)NC(=O)NCCOCC(=O)O. The molecular formula is C10H20N2O4S. The summed E-state index contributed by atoms with van der Waals surface area (Å²) in [7, 11) is 0. The zero-order valence-electron chi connectivity index (χ0n) is 10.2. The van der Waals surface area contributed by atoms with Crippen molar-refractivity contribution in [2.24, 2.45) is 0 Å². The normalized spacial score (nSPS) is 11.9. The topological polar surface area (TPSA) is 87.7 Å². The van der Waals surface area contributed by atoms with Gasteiger partial charge in [-0.15, -0.1) is 0 Å². The molecule has 1 atom stereocenters. The summed E-state index contributed by atoms with van der Waals surface area (Å²) in [6.07, 6.45) is 2.94. The van der Waals surface area contributed by atoms with Crippen molar-refractivity contribution in [3.63, 3.8) is 0 Å². The minimum absolute atomic E-state index is 0.127. The van der Waals surface area contributed by atoms with Crippen LogP contribution in [0.3, 0.4) is 0 Å². The monoisotopic (exact) mass is 264 g/mol. The first-order chi connectivity index (χ1) is 8.06. The van der Waals surface area contributed by atoms with Gasteiger partial charge in [0.25, 0.3) is 0 Å². The predicted molar refractivity (Wildman–Crippen MR) is 67.5 cm³/mol. The van der Waals surface area contributed by atoms with Crippen LogP contribution >= 0.6 is 11.8 Å². The number of carboxylic acid groups (broad SMARTS) is 1. The lowest BCUT2D eigenvalue weighted by Crippen LogP contribution is -2.42. The highest BCUT2D eigenvalue weighted by atomic mass is 32.2. The number of carboxylic acids is 1. The zero-order valence-corrected chi connectivity index (χ0v) is 11.0. The van der Waals surface area contributed by atoms with Gasteiger partial charge >= 0.3 is 12.0 Å². The average molecular weight is 264 g/mol. The van der Waals surface area contributed by atoms with E-state index in [4.69, 9.17) is 9.84 Å². The Balaban J connectivity index is 3.42. The zero-order chi connectivity index (χ0) is 13.1. The summed E-state index contributed by atoms with van der Waals surface area (Å²) in [5, 5.41) is 13.7. The number of thioether (sulfide) groups is 1. The second-order valence-electron chi connectivity index (χ2n) is 3.53. The molecule has 0 rings (SSSR count). The van der Waals surface area contributed by atoms with E-state index in [0.29, 0.717) is 6.54 Å². The molecule has 17 heavy (non-hydrogen) atoms. The number of hydrogen-bond donors (Lipinski definition) is 3. The standard InChI is InChI=1S/C10H20N2O4S/c1-8(3-6-17-2)12-10(15)11-4-5-16-7-9(13)14/h8H,3-7H2,1-2H3,(H,13,14)(H2,11,12,15). The first-order valence-electron chi connectivity index (χ1n) is 5.39. The van der Waals surface area contributed by atoms with Gasteiger partial charge in [-0.25, -0.2) is 9.59 Å². The third-order valence-corrected chi connectivity index (χ3v) is 2.53. The summed E-state index contributed by atoms with van der Waals surface area (Å²) < 4.78 is 4.77. The Labute approximate surface area is 105 Å². The van der Waals surface area contributed by atoms with E-state index in [0.717, 1.165) is 12.2 Å². The van der Waals surface area contributed by atoms with Gasteiger partial charge in [0.2, 0.25) is 0 Å². The average Bonchev–Trinajstić information content (AvgIpc) is 2.25. The number of aliphatic carboxylic acids is 1. The molecule has 100 valence electrons. The molecule has 0 aromatic carbocycles. The molecular weight excluding hydrogens is 244 g/mol. The van der Waals surface area contributed by atoms with Crippen LogP contribution in [-0.2, 0) is 9.53 Å². The maximum atomic E-state index is 11.3. The second kappa shape index (κ2) is 10.2. The van der Waals surface area contributed by atoms with Crippen molar-refractivity contribution < 1.29 is 19.4 Å². The highest BCUT2D eigenvalue weighted by Crippen LogP contribution is 1.99. The van der Waals surface area contributed by atoms with Gasteiger partial charge in [0, 0.05) is 12.6 Å². The molecule has 0 heterocycles. The largest absolute Gasteiger partial charge is 0.480 e. The molecule has 0 aliphatic rings. The number of urea groups is 1. The van der Waals surface area contributed by atoms with Gasteiger partial charge in [0.15, 0.2) is 0 Å². The highest BCUT2D eigenvalue weighted by Gasteiger charge is 2.05. The number of ether oxygens (including phenoxy) is 1. The van der Waals surface area contributed by atoms with Gasteiger partial charge in [-0.1, -0.05) is 0 Å². The lowest BCUT2D eigenvalue weighted by atomic mass is 10.3. The van der Waals surface area contributed by atoms with Gasteiger partial charge in [0.05, 0.1) is 6.61 Å². The smallest absolute Gasteiger partial charge is 0.329 e. The fourth-order valence-electron chi connectivity index (χ4n) is 1.04. The van der Waals surface area contributed by atoms with Crippen LogP contribution < -0.4 is 10.6 Å². The number of hydrogen-bond acceptors (Lipinski definition) is 4. The Morgan fingerprint density at radius 1 is 1.47 bits per heavy atom. The molecule has 3 N–H and O–H groups in total. The Morgan fingerprint density at radius 2 is 2.18 bits per heavy atom. The van der Waals surface area contributed by atoms with Crippen LogP contribution in [-0.4, -0.2) is 54.9 Å². The van der Waals surface area contributed by atoms with Gasteiger partial charge in [0.1, 0.15) is 6.61 Å². The van der Waals surface area contributed by atoms with Crippen molar-refractivity contribution in [3.05, 3.63) is 0 Å². The minimum Gasteiger partial charge on any atom is -0.480 e. The number of amides is 2. The molecule has 0 aromatic heterocycles. The molecule has 0 aliphatic heterocycles. The van der Waals surface area contributed by atoms with Gasteiger partial charge in [-0.2, -0.15) is 11.8 Å². The Morgan fingerprint density at radius 3 is 2.76 bits per heavy atom. The molecule has 2 amide bonds. The van der Waals surface area contributed by atoms with E-state index in [1.807, 2.05) is 13.2 Å². The minimum atomic E-state index is -1.01. The maximum Gasteiger partial charge on any atom is 0.329 e. The number of rotatable bonds is 9. The van der Waals surface area contributed by atoms with E-state index in [-0.39, 0.29) is 25.3 Å². The van der Waals surface area contributed by atoms with Crippen LogP contribution in [0.1, 0.15) is 13.3 Å². The summed E-state index contributed by atoms with van der Waals surface area (Å²) in [4.78, 5) is 21.4. The fourth-order valence-corrected chi connectivity index (χ4v) is 1.63. The molecule has 7 heteroatoms. The van der Waals surface area contributed by atoms with E-state index in [1.54, 1.807) is 11.8 Å². The number of nitrogens with one attached hydrogen (secondary N) is 2. The molecule has 0 spiro atoms. The van der Waals surface area contributed by atoms with Crippen LogP contribution in [0.15, 0.2) is 0 Å². The molecule has 0 radical (unpaired) electrons. The first kappa shape index (κ1) is 16.1. The molecule has 6 nitrogen and oxygen atoms in total. The quantitative estimate of drug-likeness (QED) is 0.529. The molecule has 0 bridgehead atoms. The van der Waals surface area contributed by atoms with Crippen LogP contribution in [0.2, 0.25) is 0 Å². The summed E-state index contributed by atoms with van der Waals surface area (Å²) >= 11 is 1.74. The van der Waals surface area contributed by atoms with Crippen LogP contribution in [0.5, 0.6) is 0 Å². The summed E-state index contributed by atoms with van der Waals surface area (Å²) in [6.45, 7) is 2.09. The summed E-state index contributed by atoms with van der Waals surface area (Å²) in [5.74, 6) is -0.0106. The predicted octanol–water partition coefficient (Wildman–Crippen LogP) is 0.528. The molecule has 0 saturated heterocycles. The van der Waals surface area contributed by atoms with Crippen LogP contribution in [0, 0.1) is 0 Å². The second-order valence-corrected chi connectivity index (χ2v) is 4.51. The fraction of sp³-hybridized carbons (Fsp3) is 0.800. The lowest BCUT2D eigenvalue weighted by Gasteiger charge is -2.13. The number of carbonyl (C=O) groups is 2. The third-order valence-electron chi connectivity index (χ3n) is 1.89. The van der Waals surface area contributed by atoms with E-state index >= 15 is 0 Å². The Hall–Kier alpha value is -0.950. The van der Waals surface area contributed by atoms with Crippen molar-refractivity contribution >= 4 is 23.8 Å². The van der Waals surface area contributed by atoms with E-state index in [2.05, 4.69) is 10.6 Å². The summed E-state index contributed by atoms with van der Waals surface area (Å²) in [5.41, 5.74) is 0. The van der Waals surface area contributed by atoms with Crippen LogP contribution in [0.25, 0.3) is 0 Å². The van der Waals surface area contributed by atoms with Crippen molar-refractivity contribution in [3.8, 4) is 0 Å². The van der Waals surface area contributed by atoms with Gasteiger partial charge in [-0.05, 0) is 25.4 Å².